The van der Waals surface area contributed by atoms with Crippen LogP contribution >= 0.6 is 22.9 Å². The third kappa shape index (κ3) is 4.66. The number of amides is 3. The van der Waals surface area contributed by atoms with E-state index in [1.807, 2.05) is 24.3 Å². The van der Waals surface area contributed by atoms with Gasteiger partial charge in [0.2, 0.25) is 17.7 Å². The standard InChI is InChI=1S/C20H20ClN5O4S/c21-14-6-10-7-16(26-19(10)31-14)30-20(29)24-13-5-9-3-1-2-4-11(9)17(13)25-15(27)8-12(22)18(23)28/h1-4,6-7,12-13,17,26H,5,8,22H2,(H2,23,28)(H,24,29)(H,25,27)/t12-,13-,17-/m1/s1. The number of carbonyl (C=O) groups excluding carboxylic acids is 3. The Morgan fingerprint density at radius 2 is 2.03 bits per heavy atom. The molecule has 162 valence electrons. The molecule has 1 aliphatic carbocycles. The number of hydrogen-bond donors (Lipinski definition) is 5. The van der Waals surface area contributed by atoms with Crippen LogP contribution in [0.2, 0.25) is 4.34 Å². The van der Waals surface area contributed by atoms with Gasteiger partial charge in [0, 0.05) is 11.5 Å². The number of H-pyrrole nitrogens is 1. The first-order chi connectivity index (χ1) is 14.8. The number of thiophene rings is 1. The van der Waals surface area contributed by atoms with E-state index in [0.717, 1.165) is 21.3 Å². The van der Waals surface area contributed by atoms with Crippen LogP contribution in [0.5, 0.6) is 5.88 Å². The number of nitrogens with two attached hydrogens (primary N) is 2. The Balaban J connectivity index is 1.45. The molecule has 2 aromatic heterocycles. The van der Waals surface area contributed by atoms with Crippen LogP contribution in [0.15, 0.2) is 36.4 Å². The van der Waals surface area contributed by atoms with Crippen molar-refractivity contribution in [3.8, 4) is 5.88 Å². The lowest BCUT2D eigenvalue weighted by molar-refractivity contribution is -0.126. The summed E-state index contributed by atoms with van der Waals surface area (Å²) in [6, 6.07) is 8.99. The van der Waals surface area contributed by atoms with E-state index in [-0.39, 0.29) is 6.42 Å². The van der Waals surface area contributed by atoms with E-state index in [1.54, 1.807) is 12.1 Å². The Bertz CT molecular complexity index is 1130. The van der Waals surface area contributed by atoms with Crippen molar-refractivity contribution in [3.63, 3.8) is 0 Å². The minimum Gasteiger partial charge on any atom is -0.393 e. The molecule has 0 radical (unpaired) electrons. The van der Waals surface area contributed by atoms with Crippen LogP contribution in [0, 0.1) is 0 Å². The number of halogens is 1. The van der Waals surface area contributed by atoms with Gasteiger partial charge in [-0.05, 0) is 23.6 Å². The number of hydrogen-bond acceptors (Lipinski definition) is 6. The van der Waals surface area contributed by atoms with Gasteiger partial charge in [-0.1, -0.05) is 35.9 Å². The molecule has 1 aliphatic rings. The normalized spacial score (nSPS) is 18.4. The van der Waals surface area contributed by atoms with Gasteiger partial charge >= 0.3 is 6.09 Å². The second-order valence-corrected chi connectivity index (χ2v) is 8.95. The van der Waals surface area contributed by atoms with Crippen LogP contribution in [-0.4, -0.2) is 35.0 Å². The van der Waals surface area contributed by atoms with Crippen molar-refractivity contribution in [2.75, 3.05) is 0 Å². The maximum Gasteiger partial charge on any atom is 0.414 e. The summed E-state index contributed by atoms with van der Waals surface area (Å²) >= 11 is 7.30. The molecule has 0 bridgehead atoms. The average Bonchev–Trinajstić information content (AvgIpc) is 3.32. The summed E-state index contributed by atoms with van der Waals surface area (Å²) in [4.78, 5) is 39.8. The maximum absolute atomic E-state index is 12.5. The van der Waals surface area contributed by atoms with Gasteiger partial charge in [-0.2, -0.15) is 0 Å². The first-order valence-electron chi connectivity index (χ1n) is 9.48. The van der Waals surface area contributed by atoms with E-state index in [9.17, 15) is 14.4 Å². The molecule has 0 saturated carbocycles. The second-order valence-electron chi connectivity index (χ2n) is 7.27. The van der Waals surface area contributed by atoms with Gasteiger partial charge in [0.1, 0.15) is 4.83 Å². The minimum atomic E-state index is -1.08. The quantitative estimate of drug-likeness (QED) is 0.380. The van der Waals surface area contributed by atoms with Gasteiger partial charge in [-0.25, -0.2) is 4.79 Å². The van der Waals surface area contributed by atoms with Crippen LogP contribution in [0.4, 0.5) is 4.79 Å². The van der Waals surface area contributed by atoms with E-state index >= 15 is 0 Å². The van der Waals surface area contributed by atoms with E-state index in [4.69, 9.17) is 27.8 Å². The number of ether oxygens (including phenoxy) is 1. The van der Waals surface area contributed by atoms with E-state index in [0.29, 0.717) is 16.6 Å². The van der Waals surface area contributed by atoms with Crippen molar-refractivity contribution in [2.24, 2.45) is 11.5 Å². The summed E-state index contributed by atoms with van der Waals surface area (Å²) in [5, 5.41) is 6.51. The monoisotopic (exact) mass is 461 g/mol. The number of rotatable bonds is 6. The predicted molar refractivity (Wildman–Crippen MR) is 117 cm³/mol. The SMILES string of the molecule is NC(=O)[C@H](N)CC(=O)N[C@@H]1c2ccccc2C[C@H]1NC(=O)Oc1cc2cc(Cl)sc2[nH]1. The highest BCUT2D eigenvalue weighted by Gasteiger charge is 2.35. The zero-order chi connectivity index (χ0) is 22.1. The molecule has 0 aliphatic heterocycles. The lowest BCUT2D eigenvalue weighted by Gasteiger charge is -2.23. The van der Waals surface area contributed by atoms with Gasteiger partial charge in [0.05, 0.1) is 28.9 Å². The van der Waals surface area contributed by atoms with Crippen LogP contribution in [0.3, 0.4) is 0 Å². The van der Waals surface area contributed by atoms with Gasteiger partial charge in [0.15, 0.2) is 0 Å². The molecule has 0 fully saturated rings. The first kappa shape index (κ1) is 21.2. The van der Waals surface area contributed by atoms with Gasteiger partial charge < -0.3 is 31.8 Å². The summed E-state index contributed by atoms with van der Waals surface area (Å²) < 4.78 is 6.01. The lowest BCUT2D eigenvalue weighted by Crippen LogP contribution is -2.47. The Morgan fingerprint density at radius 3 is 2.77 bits per heavy atom. The largest absolute Gasteiger partial charge is 0.414 e. The summed E-state index contributed by atoms with van der Waals surface area (Å²) in [6.45, 7) is 0. The van der Waals surface area contributed by atoms with E-state index in [2.05, 4.69) is 15.6 Å². The highest BCUT2D eigenvalue weighted by atomic mass is 35.5. The molecule has 3 amide bonds. The predicted octanol–water partition coefficient (Wildman–Crippen LogP) is 1.96. The van der Waals surface area contributed by atoms with Crippen LogP contribution in [0.1, 0.15) is 23.6 Å². The third-order valence-electron chi connectivity index (χ3n) is 5.08. The van der Waals surface area contributed by atoms with Crippen LogP contribution in [-0.2, 0) is 16.0 Å². The van der Waals surface area contributed by atoms with Gasteiger partial charge in [0.25, 0.3) is 0 Å². The molecular formula is C20H20ClN5O4S. The molecule has 9 nitrogen and oxygen atoms in total. The fourth-order valence-electron chi connectivity index (χ4n) is 3.64. The van der Waals surface area contributed by atoms with Gasteiger partial charge in [-0.3, -0.25) is 9.59 Å². The fourth-order valence-corrected chi connectivity index (χ4v) is 4.76. The van der Waals surface area contributed by atoms with Crippen molar-refractivity contribution >= 4 is 51.1 Å². The molecule has 0 unspecified atom stereocenters. The van der Waals surface area contributed by atoms with Crippen molar-refractivity contribution in [1.82, 2.24) is 15.6 Å². The third-order valence-corrected chi connectivity index (χ3v) is 6.27. The first-order valence-corrected chi connectivity index (χ1v) is 10.7. The molecule has 7 N–H and O–H groups in total. The molecule has 4 rings (SSSR count). The van der Waals surface area contributed by atoms with Crippen molar-refractivity contribution in [1.29, 1.82) is 0 Å². The summed E-state index contributed by atoms with van der Waals surface area (Å²) in [7, 11) is 0. The highest BCUT2D eigenvalue weighted by Crippen LogP contribution is 2.33. The molecule has 11 heteroatoms. The molecule has 0 saturated heterocycles. The number of nitrogens with one attached hydrogen (secondary N) is 3. The molecule has 1 aromatic carbocycles. The molecular weight excluding hydrogens is 442 g/mol. The van der Waals surface area contributed by atoms with Gasteiger partial charge in [-0.15, -0.1) is 11.3 Å². The zero-order valence-corrected chi connectivity index (χ0v) is 17.8. The Morgan fingerprint density at radius 1 is 1.26 bits per heavy atom. The summed E-state index contributed by atoms with van der Waals surface area (Å²) in [6.07, 6.45) is -0.397. The van der Waals surface area contributed by atoms with E-state index < -0.39 is 36.0 Å². The second kappa shape index (κ2) is 8.58. The zero-order valence-electron chi connectivity index (χ0n) is 16.2. The molecule has 3 aromatic rings. The number of primary amides is 1. The number of aromatic amines is 1. The van der Waals surface area contributed by atoms with Crippen LogP contribution in [0.25, 0.3) is 10.2 Å². The topological polar surface area (TPSA) is 152 Å². The van der Waals surface area contributed by atoms with Crippen molar-refractivity contribution in [3.05, 3.63) is 51.9 Å². The summed E-state index contributed by atoms with van der Waals surface area (Å²) in [5.41, 5.74) is 12.6. The Hall–Kier alpha value is -3.08. The lowest BCUT2D eigenvalue weighted by atomic mass is 10.1. The molecule has 2 heterocycles. The number of carbonyl (C=O) groups is 3. The number of aromatic nitrogens is 1. The molecule has 3 atom stereocenters. The maximum atomic E-state index is 12.5. The fraction of sp³-hybridized carbons (Fsp3) is 0.250. The number of benzene rings is 1. The Kier molecular flexibility index (Phi) is 5.86. The minimum absolute atomic E-state index is 0.243. The number of fused-ring (bicyclic) bond motifs is 2. The molecule has 0 spiro atoms. The van der Waals surface area contributed by atoms with Crippen LogP contribution < -0.4 is 26.8 Å². The summed E-state index contributed by atoms with van der Waals surface area (Å²) in [5.74, 6) is -0.902. The Labute approximate surface area is 186 Å². The average molecular weight is 462 g/mol. The smallest absolute Gasteiger partial charge is 0.393 e. The molecule has 31 heavy (non-hydrogen) atoms. The van der Waals surface area contributed by atoms with Crippen molar-refractivity contribution in [2.45, 2.75) is 31.0 Å². The highest BCUT2D eigenvalue weighted by molar-refractivity contribution is 7.22. The van der Waals surface area contributed by atoms with E-state index in [1.165, 1.54) is 11.3 Å². The van der Waals surface area contributed by atoms with Crippen molar-refractivity contribution < 1.29 is 19.1 Å².